The molecule has 6 heteroatoms. The Kier molecular flexibility index (Phi) is 3.58. The molecule has 0 fully saturated rings. The lowest BCUT2D eigenvalue weighted by Crippen LogP contribution is -2.15. The number of anilines is 1. The van der Waals surface area contributed by atoms with Crippen LogP contribution < -0.4 is 5.32 Å². The van der Waals surface area contributed by atoms with Gasteiger partial charge in [-0.15, -0.1) is 0 Å². The molecular weight excluding hydrogens is 288 g/mol. The molecule has 2 N–H and O–H groups in total. The molecule has 2 heterocycles. The molecule has 21 heavy (non-hydrogen) atoms. The summed E-state index contributed by atoms with van der Waals surface area (Å²) in [5, 5.41) is 11.1. The molecule has 0 spiro atoms. The first-order valence-electron chi connectivity index (χ1n) is 6.47. The summed E-state index contributed by atoms with van der Waals surface area (Å²) >= 11 is 6.06. The quantitative estimate of drug-likeness (QED) is 0.781. The van der Waals surface area contributed by atoms with Crippen molar-refractivity contribution in [3.63, 3.8) is 0 Å². The minimum Gasteiger partial charge on any atom is -0.308 e. The number of carbonyl (C=O) groups excluding carboxylic acids is 1. The number of H-pyrrole nitrogens is 1. The Bertz CT molecular complexity index is 795. The van der Waals surface area contributed by atoms with Crippen molar-refractivity contribution in [2.75, 3.05) is 5.32 Å². The number of halogens is 1. The molecule has 1 amide bonds. The molecule has 1 aromatic carbocycles. The van der Waals surface area contributed by atoms with E-state index in [0.29, 0.717) is 16.4 Å². The molecular formula is C15H13ClN4O. The van der Waals surface area contributed by atoms with E-state index in [1.54, 1.807) is 12.3 Å². The number of rotatable bonds is 3. The van der Waals surface area contributed by atoms with Crippen LogP contribution in [0.25, 0.3) is 10.9 Å². The Morgan fingerprint density at radius 2 is 2.19 bits per heavy atom. The van der Waals surface area contributed by atoms with E-state index >= 15 is 0 Å². The number of pyridine rings is 1. The van der Waals surface area contributed by atoms with Gasteiger partial charge < -0.3 is 5.32 Å². The van der Waals surface area contributed by atoms with Gasteiger partial charge >= 0.3 is 0 Å². The summed E-state index contributed by atoms with van der Waals surface area (Å²) in [6, 6.07) is 9.22. The predicted octanol–water partition coefficient (Wildman–Crippen LogP) is 3.10. The normalized spacial score (nSPS) is 10.8. The summed E-state index contributed by atoms with van der Waals surface area (Å²) in [5.41, 5.74) is 2.49. The fourth-order valence-electron chi connectivity index (χ4n) is 2.07. The van der Waals surface area contributed by atoms with E-state index in [-0.39, 0.29) is 12.3 Å². The number of hydrogen-bond acceptors (Lipinski definition) is 3. The van der Waals surface area contributed by atoms with Crippen molar-refractivity contribution in [3.8, 4) is 0 Å². The second-order valence-corrected chi connectivity index (χ2v) is 5.17. The number of hydrogen-bond donors (Lipinski definition) is 2. The summed E-state index contributed by atoms with van der Waals surface area (Å²) in [6.07, 6.45) is 1.95. The zero-order chi connectivity index (χ0) is 14.8. The second kappa shape index (κ2) is 5.54. The lowest BCUT2D eigenvalue weighted by Gasteiger charge is -2.03. The summed E-state index contributed by atoms with van der Waals surface area (Å²) in [7, 11) is 0. The van der Waals surface area contributed by atoms with Crippen LogP contribution in [0.15, 0.2) is 36.5 Å². The summed E-state index contributed by atoms with van der Waals surface area (Å²) in [5.74, 6) is 0.339. The molecule has 3 aromatic rings. The van der Waals surface area contributed by atoms with Crippen LogP contribution in [0.5, 0.6) is 0 Å². The van der Waals surface area contributed by atoms with E-state index < -0.39 is 0 Å². The van der Waals surface area contributed by atoms with Crippen molar-refractivity contribution >= 4 is 34.2 Å². The maximum absolute atomic E-state index is 12.1. The largest absolute Gasteiger partial charge is 0.308 e. The molecule has 106 valence electrons. The van der Waals surface area contributed by atoms with Crippen molar-refractivity contribution in [1.29, 1.82) is 0 Å². The number of aromatic amines is 1. The van der Waals surface area contributed by atoms with Gasteiger partial charge in [0.1, 0.15) is 0 Å². The van der Waals surface area contributed by atoms with Gasteiger partial charge in [0.05, 0.1) is 17.0 Å². The van der Waals surface area contributed by atoms with E-state index in [2.05, 4.69) is 20.5 Å². The average Bonchev–Trinajstić information content (AvgIpc) is 2.86. The van der Waals surface area contributed by atoms with Crippen molar-refractivity contribution in [1.82, 2.24) is 15.2 Å². The van der Waals surface area contributed by atoms with Crippen LogP contribution in [0.3, 0.4) is 0 Å². The lowest BCUT2D eigenvalue weighted by molar-refractivity contribution is -0.115. The Hall–Kier alpha value is -2.40. The second-order valence-electron chi connectivity index (χ2n) is 4.77. The molecule has 0 atom stereocenters. The maximum atomic E-state index is 12.1. The van der Waals surface area contributed by atoms with Gasteiger partial charge in [0.2, 0.25) is 5.91 Å². The van der Waals surface area contributed by atoms with Crippen molar-refractivity contribution < 1.29 is 4.79 Å². The maximum Gasteiger partial charge on any atom is 0.230 e. The summed E-state index contributed by atoms with van der Waals surface area (Å²) in [6.45, 7) is 1.91. The third-order valence-electron chi connectivity index (χ3n) is 3.14. The van der Waals surface area contributed by atoms with Gasteiger partial charge in [-0.1, -0.05) is 23.7 Å². The van der Waals surface area contributed by atoms with Crippen molar-refractivity contribution in [3.05, 3.63) is 52.8 Å². The van der Waals surface area contributed by atoms with Gasteiger partial charge in [-0.25, -0.2) is 0 Å². The minimum atomic E-state index is -0.144. The van der Waals surface area contributed by atoms with Gasteiger partial charge in [-0.05, 0) is 30.7 Å². The highest BCUT2D eigenvalue weighted by Crippen LogP contribution is 2.26. The van der Waals surface area contributed by atoms with Crippen molar-refractivity contribution in [2.24, 2.45) is 0 Å². The van der Waals surface area contributed by atoms with Gasteiger partial charge in [0.15, 0.2) is 5.82 Å². The molecule has 5 nitrogen and oxygen atoms in total. The highest BCUT2D eigenvalue weighted by molar-refractivity contribution is 6.35. The lowest BCUT2D eigenvalue weighted by atomic mass is 10.2. The number of nitrogens with one attached hydrogen (secondary N) is 2. The number of nitrogens with zero attached hydrogens (tertiary/aromatic N) is 2. The molecule has 0 aliphatic heterocycles. The smallest absolute Gasteiger partial charge is 0.230 e. The molecule has 0 aliphatic carbocycles. The Morgan fingerprint density at radius 3 is 2.95 bits per heavy atom. The summed E-state index contributed by atoms with van der Waals surface area (Å²) in [4.78, 5) is 16.2. The molecule has 0 unspecified atom stereocenters. The first-order valence-corrected chi connectivity index (χ1v) is 6.85. The highest BCUT2D eigenvalue weighted by Gasteiger charge is 2.11. The molecule has 3 rings (SSSR count). The summed E-state index contributed by atoms with van der Waals surface area (Å²) < 4.78 is 0. The molecule has 0 aliphatic rings. The van der Waals surface area contributed by atoms with Crippen LogP contribution in [0, 0.1) is 6.92 Å². The van der Waals surface area contributed by atoms with Gasteiger partial charge in [-0.3, -0.25) is 14.9 Å². The Morgan fingerprint density at radius 1 is 1.33 bits per heavy atom. The van der Waals surface area contributed by atoms with Crippen LogP contribution in [0.4, 0.5) is 5.82 Å². The molecule has 0 saturated heterocycles. The molecule has 2 aromatic heterocycles. The van der Waals surface area contributed by atoms with Gasteiger partial charge in [-0.2, -0.15) is 5.10 Å². The predicted molar refractivity (Wildman–Crippen MR) is 82.4 cm³/mol. The third-order valence-corrected chi connectivity index (χ3v) is 3.46. The van der Waals surface area contributed by atoms with Crippen LogP contribution >= 0.6 is 11.6 Å². The first kappa shape index (κ1) is 13.6. The fourth-order valence-corrected chi connectivity index (χ4v) is 2.28. The number of carbonyl (C=O) groups is 1. The van der Waals surface area contributed by atoms with Gasteiger partial charge in [0, 0.05) is 17.3 Å². The Labute approximate surface area is 126 Å². The minimum absolute atomic E-state index is 0.144. The van der Waals surface area contributed by atoms with Crippen LogP contribution in [0.1, 0.15) is 11.3 Å². The zero-order valence-corrected chi connectivity index (χ0v) is 12.1. The molecule has 0 radical (unpaired) electrons. The highest BCUT2D eigenvalue weighted by atomic mass is 35.5. The topological polar surface area (TPSA) is 70.7 Å². The van der Waals surface area contributed by atoms with Crippen LogP contribution in [-0.4, -0.2) is 21.1 Å². The molecule has 0 bridgehead atoms. The zero-order valence-electron chi connectivity index (χ0n) is 11.4. The third kappa shape index (κ3) is 2.87. The van der Waals surface area contributed by atoms with E-state index in [1.807, 2.05) is 31.2 Å². The number of aromatic nitrogens is 3. The Balaban J connectivity index is 1.77. The van der Waals surface area contributed by atoms with E-state index in [0.717, 1.165) is 16.6 Å². The first-order chi connectivity index (χ1) is 10.1. The number of aryl methyl sites for hydroxylation is 1. The van der Waals surface area contributed by atoms with Crippen LogP contribution in [-0.2, 0) is 11.2 Å². The fraction of sp³-hybridized carbons (Fsp3) is 0.133. The monoisotopic (exact) mass is 300 g/mol. The van der Waals surface area contributed by atoms with E-state index in [4.69, 9.17) is 11.6 Å². The van der Waals surface area contributed by atoms with E-state index in [1.165, 1.54) is 0 Å². The SMILES string of the molecule is Cc1ccc(CC(=O)Nc2n[nH]c3c(Cl)cccc23)cn1. The number of para-hydroxylation sites is 1. The number of amides is 1. The van der Waals surface area contributed by atoms with Gasteiger partial charge in [0.25, 0.3) is 0 Å². The molecule has 0 saturated carbocycles. The standard InChI is InChI=1S/C15H13ClN4O/c1-9-5-6-10(8-17-9)7-13(21)18-15-11-3-2-4-12(16)14(11)19-20-15/h2-6,8H,7H2,1H3,(H2,18,19,20,21). The van der Waals surface area contributed by atoms with E-state index in [9.17, 15) is 4.79 Å². The van der Waals surface area contributed by atoms with Crippen molar-refractivity contribution in [2.45, 2.75) is 13.3 Å². The number of fused-ring (bicyclic) bond motifs is 1. The van der Waals surface area contributed by atoms with Crippen LogP contribution in [0.2, 0.25) is 5.02 Å². The number of benzene rings is 1. The average molecular weight is 301 g/mol.